The van der Waals surface area contributed by atoms with Crippen molar-refractivity contribution >= 4 is 5.97 Å². The van der Waals surface area contributed by atoms with E-state index in [4.69, 9.17) is 6.42 Å². The Morgan fingerprint density at radius 3 is 2.80 bits per heavy atom. The van der Waals surface area contributed by atoms with Crippen molar-refractivity contribution in [1.82, 2.24) is 9.78 Å². The van der Waals surface area contributed by atoms with Crippen molar-refractivity contribution < 1.29 is 18.3 Å². The van der Waals surface area contributed by atoms with Gasteiger partial charge in [-0.2, -0.15) is 5.10 Å². The third-order valence-corrected chi connectivity index (χ3v) is 2.68. The molecule has 0 aliphatic heterocycles. The Morgan fingerprint density at radius 2 is 2.15 bits per heavy atom. The number of carbonyl (C=O) groups excluding carboxylic acids is 1. The van der Waals surface area contributed by atoms with Crippen LogP contribution in [0.2, 0.25) is 0 Å². The van der Waals surface area contributed by atoms with E-state index in [2.05, 4.69) is 15.8 Å². The molecule has 0 aliphatic carbocycles. The number of rotatable bonds is 3. The van der Waals surface area contributed by atoms with Crippen LogP contribution in [0.15, 0.2) is 24.5 Å². The number of methoxy groups -OCH3 is 1. The minimum Gasteiger partial charge on any atom is -0.468 e. The van der Waals surface area contributed by atoms with Gasteiger partial charge in [-0.15, -0.1) is 6.42 Å². The summed E-state index contributed by atoms with van der Waals surface area (Å²) in [6, 6.07) is 1.95. The summed E-state index contributed by atoms with van der Waals surface area (Å²) in [7, 11) is 1.26. The first-order valence-corrected chi connectivity index (χ1v) is 5.60. The number of halogens is 2. The number of benzene rings is 1. The predicted octanol–water partition coefficient (Wildman–Crippen LogP) is 1.98. The first-order chi connectivity index (χ1) is 9.55. The molecule has 1 aromatic carbocycles. The molecule has 2 aromatic rings. The lowest BCUT2D eigenvalue weighted by molar-refractivity contribution is -0.141. The van der Waals surface area contributed by atoms with Gasteiger partial charge in [0.2, 0.25) is 0 Å². The molecule has 0 radical (unpaired) electrons. The quantitative estimate of drug-likeness (QED) is 0.636. The van der Waals surface area contributed by atoms with E-state index in [9.17, 15) is 13.6 Å². The van der Waals surface area contributed by atoms with Gasteiger partial charge in [0.25, 0.3) is 0 Å². The largest absolute Gasteiger partial charge is 0.468 e. The number of aromatic nitrogens is 2. The van der Waals surface area contributed by atoms with Crippen LogP contribution in [0.1, 0.15) is 5.56 Å². The summed E-state index contributed by atoms with van der Waals surface area (Å²) in [5, 5.41) is 3.94. The SMILES string of the molecule is C#Cc1cc(F)c(F)cc1-c1cnn(CC(=O)OC)c1. The molecule has 0 bridgehead atoms. The van der Waals surface area contributed by atoms with E-state index in [1.54, 1.807) is 0 Å². The Kier molecular flexibility index (Phi) is 3.80. The van der Waals surface area contributed by atoms with Gasteiger partial charge in [-0.3, -0.25) is 9.48 Å². The van der Waals surface area contributed by atoms with Crippen molar-refractivity contribution in [3.8, 4) is 23.5 Å². The van der Waals surface area contributed by atoms with E-state index < -0.39 is 17.6 Å². The molecule has 0 saturated carbocycles. The van der Waals surface area contributed by atoms with Crippen LogP contribution in [0.25, 0.3) is 11.1 Å². The molecule has 0 unspecified atom stereocenters. The Hall–Kier alpha value is -2.68. The van der Waals surface area contributed by atoms with Crippen LogP contribution < -0.4 is 0 Å². The molecule has 0 amide bonds. The third-order valence-electron chi connectivity index (χ3n) is 2.68. The second kappa shape index (κ2) is 5.53. The zero-order valence-corrected chi connectivity index (χ0v) is 10.6. The summed E-state index contributed by atoms with van der Waals surface area (Å²) in [6.45, 7) is -0.0778. The molecule has 0 saturated heterocycles. The average molecular weight is 276 g/mol. The molecule has 2 rings (SSSR count). The van der Waals surface area contributed by atoms with Crippen LogP contribution >= 0.6 is 0 Å². The zero-order chi connectivity index (χ0) is 14.7. The molecular weight excluding hydrogens is 266 g/mol. The third kappa shape index (κ3) is 2.67. The van der Waals surface area contributed by atoms with Crippen LogP contribution in [0.3, 0.4) is 0 Å². The van der Waals surface area contributed by atoms with Crippen LogP contribution in [0, 0.1) is 24.0 Å². The molecule has 0 fully saturated rings. The van der Waals surface area contributed by atoms with Crippen molar-refractivity contribution in [3.05, 3.63) is 41.7 Å². The van der Waals surface area contributed by atoms with E-state index in [0.29, 0.717) is 11.1 Å². The number of ether oxygens (including phenoxy) is 1. The number of esters is 1. The van der Waals surface area contributed by atoms with Gasteiger partial charge in [0.1, 0.15) is 6.54 Å². The second-order valence-electron chi connectivity index (χ2n) is 3.96. The van der Waals surface area contributed by atoms with Gasteiger partial charge >= 0.3 is 5.97 Å². The van der Waals surface area contributed by atoms with Gasteiger partial charge < -0.3 is 4.74 Å². The maximum absolute atomic E-state index is 13.3. The van der Waals surface area contributed by atoms with Crippen molar-refractivity contribution in [2.75, 3.05) is 7.11 Å². The van der Waals surface area contributed by atoms with E-state index >= 15 is 0 Å². The lowest BCUT2D eigenvalue weighted by Crippen LogP contribution is -2.11. The van der Waals surface area contributed by atoms with Gasteiger partial charge in [-0.1, -0.05) is 5.92 Å². The van der Waals surface area contributed by atoms with Crippen molar-refractivity contribution in [3.63, 3.8) is 0 Å². The van der Waals surface area contributed by atoms with E-state index in [-0.39, 0.29) is 12.1 Å². The van der Waals surface area contributed by atoms with Gasteiger partial charge in [0.15, 0.2) is 11.6 Å². The van der Waals surface area contributed by atoms with Crippen LogP contribution in [-0.4, -0.2) is 22.9 Å². The summed E-state index contributed by atoms with van der Waals surface area (Å²) < 4.78 is 32.3. The monoisotopic (exact) mass is 276 g/mol. The van der Waals surface area contributed by atoms with E-state index in [1.807, 2.05) is 0 Å². The van der Waals surface area contributed by atoms with Crippen molar-refractivity contribution in [2.45, 2.75) is 6.54 Å². The maximum atomic E-state index is 13.3. The molecule has 6 heteroatoms. The van der Waals surface area contributed by atoms with E-state index in [0.717, 1.165) is 12.1 Å². The standard InChI is InChI=1S/C14H10F2N2O2/c1-3-9-4-12(15)13(16)5-11(9)10-6-17-18(7-10)8-14(19)20-2/h1,4-7H,8H2,2H3. The fourth-order valence-corrected chi connectivity index (χ4v) is 1.69. The highest BCUT2D eigenvalue weighted by molar-refractivity contribution is 5.71. The fourth-order valence-electron chi connectivity index (χ4n) is 1.69. The minimum absolute atomic E-state index is 0.0778. The molecule has 4 nitrogen and oxygen atoms in total. The number of hydrogen-bond acceptors (Lipinski definition) is 3. The molecular formula is C14H10F2N2O2. The second-order valence-corrected chi connectivity index (χ2v) is 3.96. The number of hydrogen-bond donors (Lipinski definition) is 0. The Morgan fingerprint density at radius 1 is 1.45 bits per heavy atom. The number of nitrogens with zero attached hydrogens (tertiary/aromatic N) is 2. The smallest absolute Gasteiger partial charge is 0.327 e. The van der Waals surface area contributed by atoms with Crippen LogP contribution in [-0.2, 0) is 16.1 Å². The highest BCUT2D eigenvalue weighted by Crippen LogP contribution is 2.25. The van der Waals surface area contributed by atoms with Gasteiger partial charge in [-0.05, 0) is 12.1 Å². The predicted molar refractivity (Wildman–Crippen MR) is 67.5 cm³/mol. The first kappa shape index (κ1) is 13.7. The summed E-state index contributed by atoms with van der Waals surface area (Å²) in [4.78, 5) is 11.1. The van der Waals surface area contributed by atoms with Crippen molar-refractivity contribution in [2.24, 2.45) is 0 Å². The molecule has 102 valence electrons. The Balaban J connectivity index is 2.40. The first-order valence-electron chi connectivity index (χ1n) is 5.60. The number of terminal acetylenes is 1. The minimum atomic E-state index is -1.01. The summed E-state index contributed by atoms with van der Waals surface area (Å²) in [6.07, 6.45) is 8.19. The number of carbonyl (C=O) groups is 1. The molecule has 1 aromatic heterocycles. The molecule has 1 heterocycles. The summed E-state index contributed by atoms with van der Waals surface area (Å²) in [5.74, 6) is -0.193. The molecule has 0 aliphatic rings. The Labute approximate surface area is 114 Å². The highest BCUT2D eigenvalue weighted by atomic mass is 19.2. The molecule has 0 N–H and O–H groups in total. The average Bonchev–Trinajstić information content (AvgIpc) is 2.89. The lowest BCUT2D eigenvalue weighted by atomic mass is 10.0. The summed E-state index contributed by atoms with van der Waals surface area (Å²) in [5.41, 5.74) is 1.03. The van der Waals surface area contributed by atoms with Crippen LogP contribution in [0.4, 0.5) is 8.78 Å². The molecule has 20 heavy (non-hydrogen) atoms. The van der Waals surface area contributed by atoms with Gasteiger partial charge in [-0.25, -0.2) is 8.78 Å². The fraction of sp³-hybridized carbons (Fsp3) is 0.143. The lowest BCUT2D eigenvalue weighted by Gasteiger charge is -2.03. The zero-order valence-electron chi connectivity index (χ0n) is 10.6. The highest BCUT2D eigenvalue weighted by Gasteiger charge is 2.12. The molecule has 0 atom stereocenters. The van der Waals surface area contributed by atoms with Crippen molar-refractivity contribution in [1.29, 1.82) is 0 Å². The van der Waals surface area contributed by atoms with Crippen LogP contribution in [0.5, 0.6) is 0 Å². The topological polar surface area (TPSA) is 44.1 Å². The van der Waals surface area contributed by atoms with E-state index in [1.165, 1.54) is 24.2 Å². The summed E-state index contributed by atoms with van der Waals surface area (Å²) >= 11 is 0. The van der Waals surface area contributed by atoms with Gasteiger partial charge in [0.05, 0.1) is 13.3 Å². The Bertz CT molecular complexity index is 702. The normalized spacial score (nSPS) is 10.1. The van der Waals surface area contributed by atoms with Gasteiger partial charge in [0, 0.05) is 22.9 Å². The maximum Gasteiger partial charge on any atom is 0.327 e. The molecule has 0 spiro atoms.